The molecule has 3 nitrogen and oxygen atoms in total. The number of aryl methyl sites for hydroxylation is 1. The van der Waals surface area contributed by atoms with Crippen molar-refractivity contribution in [2.45, 2.75) is 45.7 Å². The summed E-state index contributed by atoms with van der Waals surface area (Å²) in [5.41, 5.74) is 0.225. The van der Waals surface area contributed by atoms with Crippen molar-refractivity contribution >= 4 is 15.9 Å². The van der Waals surface area contributed by atoms with E-state index in [9.17, 15) is 4.79 Å². The van der Waals surface area contributed by atoms with Crippen LogP contribution in [0.4, 0.5) is 0 Å². The second-order valence-electron chi connectivity index (χ2n) is 5.24. The maximum atomic E-state index is 11.7. The summed E-state index contributed by atoms with van der Waals surface area (Å²) in [4.78, 5) is 11.7. The predicted octanol–water partition coefficient (Wildman–Crippen LogP) is 2.78. The molecule has 0 bridgehead atoms. The van der Waals surface area contributed by atoms with E-state index >= 15 is 0 Å². The molecule has 1 aromatic rings. The Labute approximate surface area is 111 Å². The molecule has 0 radical (unpaired) electrons. The van der Waals surface area contributed by atoms with Gasteiger partial charge in [0.1, 0.15) is 0 Å². The molecule has 0 aromatic carbocycles. The van der Waals surface area contributed by atoms with Crippen LogP contribution in [-0.2, 0) is 6.54 Å². The SMILES string of the molecule is CC(C)(C)NCCCCn1cccc(Br)c1=O. The van der Waals surface area contributed by atoms with E-state index in [0.717, 1.165) is 25.9 Å². The minimum Gasteiger partial charge on any atom is -0.315 e. The average Bonchev–Trinajstić information content (AvgIpc) is 2.22. The Kier molecular flexibility index (Phi) is 5.40. The highest BCUT2D eigenvalue weighted by molar-refractivity contribution is 9.10. The molecule has 1 aromatic heterocycles. The van der Waals surface area contributed by atoms with Crippen molar-refractivity contribution in [1.29, 1.82) is 0 Å². The van der Waals surface area contributed by atoms with Crippen LogP contribution in [0.5, 0.6) is 0 Å². The molecule has 1 heterocycles. The molecule has 1 rings (SSSR count). The van der Waals surface area contributed by atoms with E-state index in [2.05, 4.69) is 42.0 Å². The maximum absolute atomic E-state index is 11.7. The van der Waals surface area contributed by atoms with Gasteiger partial charge in [-0.2, -0.15) is 0 Å². The first-order chi connectivity index (χ1) is 7.90. The quantitative estimate of drug-likeness (QED) is 0.849. The Bertz CT molecular complexity index is 407. The van der Waals surface area contributed by atoms with E-state index in [1.807, 2.05) is 12.3 Å². The van der Waals surface area contributed by atoms with Gasteiger partial charge in [-0.3, -0.25) is 4.79 Å². The average molecular weight is 301 g/mol. The van der Waals surface area contributed by atoms with Crippen molar-refractivity contribution in [3.8, 4) is 0 Å². The third-order valence-electron chi connectivity index (χ3n) is 2.45. The van der Waals surface area contributed by atoms with Gasteiger partial charge in [0, 0.05) is 18.3 Å². The van der Waals surface area contributed by atoms with E-state index in [4.69, 9.17) is 0 Å². The lowest BCUT2D eigenvalue weighted by Crippen LogP contribution is -2.36. The van der Waals surface area contributed by atoms with Crippen LogP contribution < -0.4 is 10.9 Å². The summed E-state index contributed by atoms with van der Waals surface area (Å²) in [5, 5.41) is 3.44. The highest BCUT2D eigenvalue weighted by Crippen LogP contribution is 2.02. The van der Waals surface area contributed by atoms with Gasteiger partial charge in [-0.15, -0.1) is 0 Å². The number of aromatic nitrogens is 1. The zero-order chi connectivity index (χ0) is 12.9. The van der Waals surface area contributed by atoms with E-state index in [1.165, 1.54) is 0 Å². The largest absolute Gasteiger partial charge is 0.315 e. The molecule has 0 aliphatic carbocycles. The Morgan fingerprint density at radius 1 is 1.35 bits per heavy atom. The predicted molar refractivity (Wildman–Crippen MR) is 75.4 cm³/mol. The zero-order valence-electron chi connectivity index (χ0n) is 10.8. The molecule has 0 aliphatic rings. The monoisotopic (exact) mass is 300 g/mol. The Morgan fingerprint density at radius 3 is 2.71 bits per heavy atom. The van der Waals surface area contributed by atoms with Gasteiger partial charge < -0.3 is 9.88 Å². The molecule has 96 valence electrons. The third kappa shape index (κ3) is 5.50. The Balaban J connectivity index is 2.32. The summed E-state index contributed by atoms with van der Waals surface area (Å²) < 4.78 is 2.38. The van der Waals surface area contributed by atoms with Crippen LogP contribution in [0.3, 0.4) is 0 Å². The first kappa shape index (κ1) is 14.5. The van der Waals surface area contributed by atoms with Crippen LogP contribution in [-0.4, -0.2) is 16.7 Å². The van der Waals surface area contributed by atoms with Crippen LogP contribution in [0.15, 0.2) is 27.6 Å². The van der Waals surface area contributed by atoms with Gasteiger partial charge in [-0.1, -0.05) is 0 Å². The summed E-state index contributed by atoms with van der Waals surface area (Å²) >= 11 is 3.25. The first-order valence-electron chi connectivity index (χ1n) is 6.00. The van der Waals surface area contributed by atoms with Gasteiger partial charge in [0.2, 0.25) is 0 Å². The van der Waals surface area contributed by atoms with Gasteiger partial charge >= 0.3 is 0 Å². The summed E-state index contributed by atoms with van der Waals surface area (Å²) in [7, 11) is 0. The van der Waals surface area contributed by atoms with Crippen LogP contribution in [0, 0.1) is 0 Å². The highest BCUT2D eigenvalue weighted by Gasteiger charge is 2.07. The van der Waals surface area contributed by atoms with Crippen molar-refractivity contribution in [3.05, 3.63) is 33.2 Å². The Hall–Kier alpha value is -0.610. The van der Waals surface area contributed by atoms with Crippen molar-refractivity contribution in [2.24, 2.45) is 0 Å². The molecule has 0 atom stereocenters. The second-order valence-corrected chi connectivity index (χ2v) is 6.09. The van der Waals surface area contributed by atoms with E-state index < -0.39 is 0 Å². The normalized spacial score (nSPS) is 11.8. The lowest BCUT2D eigenvalue weighted by Gasteiger charge is -2.20. The zero-order valence-corrected chi connectivity index (χ0v) is 12.4. The van der Waals surface area contributed by atoms with Crippen molar-refractivity contribution in [3.63, 3.8) is 0 Å². The lowest BCUT2D eigenvalue weighted by molar-refractivity contribution is 0.413. The number of halogens is 1. The molecular formula is C13H21BrN2O. The van der Waals surface area contributed by atoms with E-state index in [-0.39, 0.29) is 11.1 Å². The third-order valence-corrected chi connectivity index (χ3v) is 3.06. The molecule has 17 heavy (non-hydrogen) atoms. The minimum absolute atomic E-state index is 0.0521. The van der Waals surface area contributed by atoms with Crippen LogP contribution in [0.1, 0.15) is 33.6 Å². The second kappa shape index (κ2) is 6.36. The molecule has 0 spiro atoms. The fourth-order valence-electron chi connectivity index (χ4n) is 1.55. The lowest BCUT2D eigenvalue weighted by atomic mass is 10.1. The number of nitrogens with zero attached hydrogens (tertiary/aromatic N) is 1. The van der Waals surface area contributed by atoms with Crippen molar-refractivity contribution in [2.75, 3.05) is 6.54 Å². The highest BCUT2D eigenvalue weighted by atomic mass is 79.9. The number of hydrogen-bond acceptors (Lipinski definition) is 2. The number of rotatable bonds is 5. The molecule has 0 saturated heterocycles. The molecule has 0 amide bonds. The van der Waals surface area contributed by atoms with Gasteiger partial charge in [0.15, 0.2) is 0 Å². The number of pyridine rings is 1. The summed E-state index contributed by atoms with van der Waals surface area (Å²) in [5.74, 6) is 0. The molecular weight excluding hydrogens is 280 g/mol. The van der Waals surface area contributed by atoms with Crippen LogP contribution in [0.2, 0.25) is 0 Å². The molecule has 1 N–H and O–H groups in total. The van der Waals surface area contributed by atoms with Crippen LogP contribution >= 0.6 is 15.9 Å². The first-order valence-corrected chi connectivity index (χ1v) is 6.79. The van der Waals surface area contributed by atoms with E-state index in [0.29, 0.717) is 4.47 Å². The molecule has 0 aliphatic heterocycles. The Morgan fingerprint density at radius 2 is 2.06 bits per heavy atom. The molecule has 0 unspecified atom stereocenters. The minimum atomic E-state index is 0.0521. The standard InChI is InChI=1S/C13H21BrN2O/c1-13(2,3)15-8-4-5-9-16-10-6-7-11(14)12(16)17/h6-7,10,15H,4-5,8-9H2,1-3H3. The molecule has 0 fully saturated rings. The van der Waals surface area contributed by atoms with Crippen molar-refractivity contribution < 1.29 is 0 Å². The van der Waals surface area contributed by atoms with Crippen molar-refractivity contribution in [1.82, 2.24) is 9.88 Å². The van der Waals surface area contributed by atoms with E-state index in [1.54, 1.807) is 10.6 Å². The smallest absolute Gasteiger partial charge is 0.264 e. The maximum Gasteiger partial charge on any atom is 0.264 e. The fraction of sp³-hybridized carbons (Fsp3) is 0.615. The number of unbranched alkanes of at least 4 members (excludes halogenated alkanes) is 1. The topological polar surface area (TPSA) is 34.0 Å². The van der Waals surface area contributed by atoms with Gasteiger partial charge in [-0.25, -0.2) is 0 Å². The van der Waals surface area contributed by atoms with Gasteiger partial charge in [0.25, 0.3) is 5.56 Å². The fourth-order valence-corrected chi connectivity index (χ4v) is 1.93. The molecule has 4 heteroatoms. The summed E-state index contributed by atoms with van der Waals surface area (Å²) in [6.45, 7) is 8.25. The number of nitrogens with one attached hydrogen (secondary N) is 1. The summed E-state index contributed by atoms with van der Waals surface area (Å²) in [6, 6.07) is 3.67. The van der Waals surface area contributed by atoms with Gasteiger partial charge in [0.05, 0.1) is 4.47 Å². The molecule has 0 saturated carbocycles. The van der Waals surface area contributed by atoms with Crippen LogP contribution in [0.25, 0.3) is 0 Å². The number of hydrogen-bond donors (Lipinski definition) is 1. The van der Waals surface area contributed by atoms with Gasteiger partial charge in [-0.05, 0) is 68.2 Å². The summed E-state index contributed by atoms with van der Waals surface area (Å²) in [6.07, 6.45) is 3.93.